The highest BCUT2D eigenvalue weighted by Crippen LogP contribution is 2.41. The lowest BCUT2D eigenvalue weighted by atomic mass is 9.87. The van der Waals surface area contributed by atoms with Gasteiger partial charge in [-0.2, -0.15) is 5.10 Å². The third-order valence-corrected chi connectivity index (χ3v) is 5.32. The highest BCUT2D eigenvalue weighted by molar-refractivity contribution is 7.09. The molecule has 1 aliphatic heterocycles. The second-order valence-corrected chi connectivity index (χ2v) is 7.07. The number of fused-ring (bicyclic) bond motifs is 1. The number of carbonyl (C=O) groups excluding carboxylic acids is 1. The van der Waals surface area contributed by atoms with Crippen molar-refractivity contribution in [1.29, 1.82) is 0 Å². The van der Waals surface area contributed by atoms with E-state index in [9.17, 15) is 9.18 Å². The summed E-state index contributed by atoms with van der Waals surface area (Å²) in [6.45, 7) is 0.561. The highest BCUT2D eigenvalue weighted by Gasteiger charge is 2.32. The second-order valence-electron chi connectivity index (χ2n) is 5.63. The van der Waals surface area contributed by atoms with Crippen LogP contribution in [0.2, 0.25) is 5.02 Å². The molecule has 1 atom stereocenters. The van der Waals surface area contributed by atoms with E-state index in [-0.39, 0.29) is 12.3 Å². The monoisotopic (exact) mass is 361 g/mol. The van der Waals surface area contributed by atoms with E-state index in [1.165, 1.54) is 6.07 Å². The van der Waals surface area contributed by atoms with Gasteiger partial charge in [-0.15, -0.1) is 11.3 Å². The largest absolute Gasteiger partial charge is 0.311 e. The first kappa shape index (κ1) is 15.4. The Labute approximate surface area is 146 Å². The van der Waals surface area contributed by atoms with E-state index >= 15 is 0 Å². The van der Waals surface area contributed by atoms with Gasteiger partial charge in [0.25, 0.3) is 0 Å². The lowest BCUT2D eigenvalue weighted by Crippen LogP contribution is -2.25. The lowest BCUT2D eigenvalue weighted by Gasteiger charge is -2.24. The summed E-state index contributed by atoms with van der Waals surface area (Å²) in [5.74, 6) is -0.387. The third-order valence-electron chi connectivity index (χ3n) is 4.12. The van der Waals surface area contributed by atoms with Crippen molar-refractivity contribution in [3.63, 3.8) is 0 Å². The number of halogens is 2. The number of benzene rings is 1. The number of nitrogens with zero attached hydrogens (tertiary/aromatic N) is 2. The minimum absolute atomic E-state index is 0.151. The van der Waals surface area contributed by atoms with Crippen LogP contribution in [-0.4, -0.2) is 15.7 Å². The van der Waals surface area contributed by atoms with E-state index < -0.39 is 11.7 Å². The van der Waals surface area contributed by atoms with Crippen molar-refractivity contribution in [3.8, 4) is 0 Å². The van der Waals surface area contributed by atoms with Crippen LogP contribution in [-0.2, 0) is 11.3 Å². The summed E-state index contributed by atoms with van der Waals surface area (Å²) < 4.78 is 16.1. The number of anilines is 1. The van der Waals surface area contributed by atoms with E-state index in [1.807, 2.05) is 17.5 Å². The highest BCUT2D eigenvalue weighted by atomic mass is 35.5. The quantitative estimate of drug-likeness (QED) is 0.757. The van der Waals surface area contributed by atoms with Gasteiger partial charge in [-0.3, -0.25) is 4.79 Å². The molecule has 24 heavy (non-hydrogen) atoms. The predicted octanol–water partition coefficient (Wildman–Crippen LogP) is 4.26. The molecule has 4 rings (SSSR count). The number of carbonyl (C=O) groups is 1. The van der Waals surface area contributed by atoms with Crippen molar-refractivity contribution >= 4 is 34.7 Å². The average molecular weight is 362 g/mol. The van der Waals surface area contributed by atoms with Gasteiger partial charge in [-0.1, -0.05) is 23.7 Å². The Morgan fingerprint density at radius 3 is 3.00 bits per heavy atom. The molecule has 0 unspecified atom stereocenters. The van der Waals surface area contributed by atoms with Crippen molar-refractivity contribution in [2.45, 2.75) is 18.9 Å². The van der Waals surface area contributed by atoms with Gasteiger partial charge in [0.15, 0.2) is 0 Å². The zero-order chi connectivity index (χ0) is 16.7. The van der Waals surface area contributed by atoms with Crippen molar-refractivity contribution in [2.75, 3.05) is 5.32 Å². The van der Waals surface area contributed by atoms with Crippen molar-refractivity contribution in [2.24, 2.45) is 0 Å². The normalized spacial score (nSPS) is 16.8. The molecule has 0 spiro atoms. The van der Waals surface area contributed by atoms with Gasteiger partial charge in [0.2, 0.25) is 5.91 Å². The Hall–Kier alpha value is -2.18. The number of aromatic nitrogens is 2. The van der Waals surface area contributed by atoms with Crippen LogP contribution in [0, 0.1) is 5.82 Å². The molecular weight excluding hydrogens is 349 g/mol. The number of amides is 1. The first-order valence-electron chi connectivity index (χ1n) is 7.45. The molecule has 7 heteroatoms. The van der Waals surface area contributed by atoms with Gasteiger partial charge in [0, 0.05) is 33.4 Å². The summed E-state index contributed by atoms with van der Waals surface area (Å²) in [6, 6.07) is 8.54. The van der Waals surface area contributed by atoms with Crippen LogP contribution >= 0.6 is 22.9 Å². The van der Waals surface area contributed by atoms with Crippen molar-refractivity contribution in [1.82, 2.24) is 9.78 Å². The van der Waals surface area contributed by atoms with E-state index in [2.05, 4.69) is 10.4 Å². The van der Waals surface area contributed by atoms with Gasteiger partial charge in [-0.25, -0.2) is 9.07 Å². The maximum absolute atomic E-state index is 14.3. The number of rotatable bonds is 3. The van der Waals surface area contributed by atoms with E-state index in [1.54, 1.807) is 34.3 Å². The summed E-state index contributed by atoms with van der Waals surface area (Å²) in [4.78, 5) is 13.3. The van der Waals surface area contributed by atoms with Gasteiger partial charge < -0.3 is 5.32 Å². The summed E-state index contributed by atoms with van der Waals surface area (Å²) >= 11 is 7.82. The Kier molecular flexibility index (Phi) is 3.86. The number of thiophene rings is 1. The topological polar surface area (TPSA) is 46.9 Å². The maximum atomic E-state index is 14.3. The summed E-state index contributed by atoms with van der Waals surface area (Å²) in [7, 11) is 0. The fourth-order valence-corrected chi connectivity index (χ4v) is 4.02. The SMILES string of the molecule is O=C1C[C@@H](c2c(F)cccc2Cl)c2cnn(Cc3cccs3)c2N1. The zero-order valence-corrected chi connectivity index (χ0v) is 14.1. The minimum atomic E-state index is -0.431. The van der Waals surface area contributed by atoms with Crippen LogP contribution in [0.5, 0.6) is 0 Å². The van der Waals surface area contributed by atoms with Crippen molar-refractivity contribution < 1.29 is 9.18 Å². The van der Waals surface area contributed by atoms with Crippen LogP contribution in [0.1, 0.15) is 28.3 Å². The van der Waals surface area contributed by atoms with Gasteiger partial charge in [0.1, 0.15) is 11.6 Å². The molecule has 1 N–H and O–H groups in total. The number of hydrogen-bond donors (Lipinski definition) is 1. The molecule has 1 amide bonds. The predicted molar refractivity (Wildman–Crippen MR) is 92.1 cm³/mol. The third kappa shape index (κ3) is 2.61. The first-order valence-corrected chi connectivity index (χ1v) is 8.71. The molecule has 4 nitrogen and oxygen atoms in total. The summed E-state index contributed by atoms with van der Waals surface area (Å²) in [5, 5.41) is 9.56. The molecule has 2 aromatic heterocycles. The molecule has 1 aliphatic rings. The van der Waals surface area contributed by atoms with Crippen LogP contribution < -0.4 is 5.32 Å². The molecule has 0 fully saturated rings. The molecule has 0 radical (unpaired) electrons. The molecular formula is C17H13ClFN3OS. The van der Waals surface area contributed by atoms with Gasteiger partial charge in [-0.05, 0) is 23.6 Å². The fourth-order valence-electron chi connectivity index (χ4n) is 3.04. The summed E-state index contributed by atoms with van der Waals surface area (Å²) in [6.07, 6.45) is 1.84. The van der Waals surface area contributed by atoms with E-state index in [0.717, 1.165) is 10.4 Å². The summed E-state index contributed by atoms with van der Waals surface area (Å²) in [5.41, 5.74) is 1.14. The number of nitrogens with one attached hydrogen (secondary N) is 1. The Bertz CT molecular complexity index is 886. The maximum Gasteiger partial charge on any atom is 0.226 e. The minimum Gasteiger partial charge on any atom is -0.311 e. The Morgan fingerprint density at radius 2 is 2.25 bits per heavy atom. The van der Waals surface area contributed by atoms with E-state index in [4.69, 9.17) is 11.6 Å². The molecule has 0 bridgehead atoms. The molecule has 3 aromatic rings. The van der Waals surface area contributed by atoms with Crippen LogP contribution in [0.15, 0.2) is 41.9 Å². The van der Waals surface area contributed by atoms with Crippen molar-refractivity contribution in [3.05, 3.63) is 68.8 Å². The number of hydrogen-bond acceptors (Lipinski definition) is 3. The molecule has 0 saturated carbocycles. The Balaban J connectivity index is 1.78. The van der Waals surface area contributed by atoms with Crippen LogP contribution in [0.25, 0.3) is 0 Å². The van der Waals surface area contributed by atoms with Gasteiger partial charge in [0.05, 0.1) is 12.7 Å². The van der Waals surface area contributed by atoms with Crippen LogP contribution in [0.4, 0.5) is 10.2 Å². The van der Waals surface area contributed by atoms with E-state index in [0.29, 0.717) is 22.9 Å². The smallest absolute Gasteiger partial charge is 0.226 e. The molecule has 0 saturated heterocycles. The standard InChI is InChI=1S/C17H13ClFN3OS/c18-13-4-1-5-14(19)16(13)11-7-15(23)21-17-12(11)8-20-22(17)9-10-3-2-6-24-10/h1-6,8,11H,7,9H2,(H,21,23)/t11-/m1/s1. The average Bonchev–Trinajstić information content (AvgIpc) is 3.18. The molecule has 1 aromatic carbocycles. The van der Waals surface area contributed by atoms with Crippen LogP contribution in [0.3, 0.4) is 0 Å². The molecule has 0 aliphatic carbocycles. The Morgan fingerprint density at radius 1 is 1.38 bits per heavy atom. The fraction of sp³-hybridized carbons (Fsp3) is 0.176. The van der Waals surface area contributed by atoms with Gasteiger partial charge >= 0.3 is 0 Å². The molecule has 122 valence electrons. The molecule has 3 heterocycles. The lowest BCUT2D eigenvalue weighted by molar-refractivity contribution is -0.116. The first-order chi connectivity index (χ1) is 11.6. The zero-order valence-electron chi connectivity index (χ0n) is 12.5. The second kappa shape index (κ2) is 6.03.